The maximum Gasteiger partial charge on any atom is 0.317 e. The van der Waals surface area contributed by atoms with Crippen LogP contribution in [0, 0.1) is 6.92 Å². The number of urea groups is 1. The van der Waals surface area contributed by atoms with Crippen LogP contribution in [0.15, 0.2) is 18.3 Å². The largest absolute Gasteiger partial charge is 0.334 e. The van der Waals surface area contributed by atoms with E-state index in [-0.39, 0.29) is 6.03 Å². The first-order valence-electron chi connectivity index (χ1n) is 8.33. The summed E-state index contributed by atoms with van der Waals surface area (Å²) in [5.74, 6) is 0. The summed E-state index contributed by atoms with van der Waals surface area (Å²) < 4.78 is 0. The van der Waals surface area contributed by atoms with Crippen molar-refractivity contribution in [3.63, 3.8) is 0 Å². The molecule has 0 spiro atoms. The smallest absolute Gasteiger partial charge is 0.317 e. The molecule has 5 nitrogen and oxygen atoms in total. The number of hydrogen-bond donors (Lipinski definition) is 1. The van der Waals surface area contributed by atoms with E-state index in [0.29, 0.717) is 18.6 Å². The molecule has 2 saturated heterocycles. The Kier molecular flexibility index (Phi) is 4.62. The fraction of sp³-hybridized carbons (Fsp3) is 0.647. The summed E-state index contributed by atoms with van der Waals surface area (Å²) >= 11 is 0. The van der Waals surface area contributed by atoms with Crippen molar-refractivity contribution in [3.05, 3.63) is 29.6 Å². The number of pyridine rings is 1. The number of rotatable bonds is 3. The van der Waals surface area contributed by atoms with Gasteiger partial charge in [-0.1, -0.05) is 6.42 Å². The number of likely N-dealkylation sites (tertiary alicyclic amines) is 2. The van der Waals surface area contributed by atoms with Crippen LogP contribution >= 0.6 is 0 Å². The van der Waals surface area contributed by atoms with Crippen LogP contribution in [0.5, 0.6) is 0 Å². The van der Waals surface area contributed by atoms with E-state index in [1.54, 1.807) is 6.20 Å². The van der Waals surface area contributed by atoms with Crippen LogP contribution in [0.25, 0.3) is 0 Å². The van der Waals surface area contributed by atoms with E-state index in [9.17, 15) is 4.79 Å². The highest BCUT2D eigenvalue weighted by atomic mass is 16.2. The summed E-state index contributed by atoms with van der Waals surface area (Å²) in [6.45, 7) is 7.77. The number of piperidine rings is 1. The number of carbonyl (C=O) groups is 1. The van der Waals surface area contributed by atoms with Gasteiger partial charge in [0.2, 0.25) is 0 Å². The van der Waals surface area contributed by atoms with E-state index in [1.165, 1.54) is 25.8 Å². The molecule has 3 heterocycles. The zero-order chi connectivity index (χ0) is 15.5. The van der Waals surface area contributed by atoms with Gasteiger partial charge in [-0.3, -0.25) is 9.88 Å². The predicted octanol–water partition coefficient (Wildman–Crippen LogP) is 2.16. The van der Waals surface area contributed by atoms with Gasteiger partial charge in [0.05, 0.1) is 0 Å². The van der Waals surface area contributed by atoms with Crippen molar-refractivity contribution in [3.8, 4) is 0 Å². The number of aromatic nitrogens is 1. The lowest BCUT2D eigenvalue weighted by molar-refractivity contribution is 0.0169. The minimum atomic E-state index is 0.0513. The van der Waals surface area contributed by atoms with Crippen LogP contribution in [0.1, 0.15) is 37.4 Å². The second-order valence-electron chi connectivity index (χ2n) is 6.61. The summed E-state index contributed by atoms with van der Waals surface area (Å²) in [4.78, 5) is 20.8. The Balaban J connectivity index is 1.43. The van der Waals surface area contributed by atoms with Crippen molar-refractivity contribution in [2.24, 2.45) is 0 Å². The lowest BCUT2D eigenvalue weighted by Gasteiger charge is -2.49. The molecule has 1 atom stereocenters. The molecule has 0 bridgehead atoms. The van der Waals surface area contributed by atoms with Crippen molar-refractivity contribution in [2.45, 2.75) is 51.7 Å². The summed E-state index contributed by atoms with van der Waals surface area (Å²) in [5.41, 5.74) is 2.08. The molecule has 2 fully saturated rings. The Morgan fingerprint density at radius 2 is 2.23 bits per heavy atom. The first-order chi connectivity index (χ1) is 10.6. The molecule has 0 radical (unpaired) electrons. The quantitative estimate of drug-likeness (QED) is 0.931. The highest BCUT2D eigenvalue weighted by Crippen LogP contribution is 2.24. The Bertz CT molecular complexity index is 527. The van der Waals surface area contributed by atoms with Crippen LogP contribution < -0.4 is 5.32 Å². The Hall–Kier alpha value is -1.62. The Morgan fingerprint density at radius 3 is 2.95 bits per heavy atom. The molecule has 0 saturated carbocycles. The number of aryl methyl sites for hydroxylation is 1. The summed E-state index contributed by atoms with van der Waals surface area (Å²) in [5, 5.41) is 3.00. The van der Waals surface area contributed by atoms with Gasteiger partial charge in [0.1, 0.15) is 0 Å². The molecule has 2 amide bonds. The predicted molar refractivity (Wildman–Crippen MR) is 86.6 cm³/mol. The molecule has 2 aliphatic heterocycles. The molecular weight excluding hydrogens is 276 g/mol. The molecule has 1 aromatic heterocycles. The molecular formula is C17H26N4O. The lowest BCUT2D eigenvalue weighted by atomic mass is 9.98. The first kappa shape index (κ1) is 15.3. The van der Waals surface area contributed by atoms with Crippen molar-refractivity contribution in [1.29, 1.82) is 0 Å². The molecule has 120 valence electrons. The molecule has 22 heavy (non-hydrogen) atoms. The van der Waals surface area contributed by atoms with Gasteiger partial charge in [-0.2, -0.15) is 0 Å². The number of amides is 2. The third-order valence-electron chi connectivity index (χ3n) is 4.88. The van der Waals surface area contributed by atoms with Crippen LogP contribution in [-0.2, 0) is 6.54 Å². The van der Waals surface area contributed by atoms with Gasteiger partial charge in [0, 0.05) is 43.6 Å². The maximum atomic E-state index is 12.2. The molecule has 2 aliphatic rings. The maximum absolute atomic E-state index is 12.2. The van der Waals surface area contributed by atoms with Gasteiger partial charge in [0.25, 0.3) is 0 Å². The van der Waals surface area contributed by atoms with Crippen LogP contribution in [-0.4, -0.2) is 52.5 Å². The lowest BCUT2D eigenvalue weighted by Crippen LogP contribution is -2.64. The van der Waals surface area contributed by atoms with Crippen LogP contribution in [0.3, 0.4) is 0 Å². The van der Waals surface area contributed by atoms with Gasteiger partial charge in [-0.05, 0) is 50.9 Å². The minimum Gasteiger partial charge on any atom is -0.334 e. The highest BCUT2D eigenvalue weighted by molar-refractivity contribution is 5.75. The number of nitrogens with zero attached hydrogens (tertiary/aromatic N) is 3. The second kappa shape index (κ2) is 6.65. The van der Waals surface area contributed by atoms with Gasteiger partial charge < -0.3 is 10.2 Å². The third kappa shape index (κ3) is 3.40. The van der Waals surface area contributed by atoms with Crippen LogP contribution in [0.2, 0.25) is 0 Å². The van der Waals surface area contributed by atoms with Crippen molar-refractivity contribution < 1.29 is 4.79 Å². The molecule has 0 unspecified atom stereocenters. The summed E-state index contributed by atoms with van der Waals surface area (Å²) in [7, 11) is 0. The van der Waals surface area contributed by atoms with E-state index in [1.807, 2.05) is 24.0 Å². The average Bonchev–Trinajstić information content (AvgIpc) is 2.46. The molecule has 1 aromatic rings. The number of hydrogen-bond acceptors (Lipinski definition) is 3. The fourth-order valence-corrected chi connectivity index (χ4v) is 3.50. The highest BCUT2D eigenvalue weighted by Gasteiger charge is 2.37. The number of nitrogens with one attached hydrogen (secondary N) is 1. The van der Waals surface area contributed by atoms with E-state index < -0.39 is 0 Å². The zero-order valence-corrected chi connectivity index (χ0v) is 13.6. The van der Waals surface area contributed by atoms with E-state index >= 15 is 0 Å². The molecule has 1 N–H and O–H groups in total. The van der Waals surface area contributed by atoms with E-state index in [2.05, 4.69) is 22.1 Å². The molecule has 5 heteroatoms. The second-order valence-corrected chi connectivity index (χ2v) is 6.61. The average molecular weight is 302 g/mol. The van der Waals surface area contributed by atoms with Crippen molar-refractivity contribution in [1.82, 2.24) is 20.1 Å². The topological polar surface area (TPSA) is 48.5 Å². The fourth-order valence-electron chi connectivity index (χ4n) is 3.50. The van der Waals surface area contributed by atoms with Crippen molar-refractivity contribution >= 4 is 6.03 Å². The van der Waals surface area contributed by atoms with Crippen molar-refractivity contribution in [2.75, 3.05) is 19.6 Å². The monoisotopic (exact) mass is 302 g/mol. The molecule has 0 aromatic carbocycles. The Morgan fingerprint density at radius 1 is 1.41 bits per heavy atom. The van der Waals surface area contributed by atoms with Gasteiger partial charge in [0.15, 0.2) is 0 Å². The van der Waals surface area contributed by atoms with Gasteiger partial charge >= 0.3 is 6.03 Å². The zero-order valence-electron chi connectivity index (χ0n) is 13.6. The number of carbonyl (C=O) groups excluding carboxylic acids is 1. The molecule has 3 rings (SSSR count). The van der Waals surface area contributed by atoms with Crippen LogP contribution in [0.4, 0.5) is 4.79 Å². The normalized spacial score (nSPS) is 23.2. The van der Waals surface area contributed by atoms with E-state index in [4.69, 9.17) is 0 Å². The summed E-state index contributed by atoms with van der Waals surface area (Å²) in [6, 6.07) is 5.24. The van der Waals surface area contributed by atoms with Gasteiger partial charge in [-0.25, -0.2) is 4.79 Å². The third-order valence-corrected chi connectivity index (χ3v) is 4.88. The first-order valence-corrected chi connectivity index (χ1v) is 8.33. The van der Waals surface area contributed by atoms with E-state index in [0.717, 1.165) is 24.3 Å². The van der Waals surface area contributed by atoms with Gasteiger partial charge in [-0.15, -0.1) is 0 Å². The minimum absolute atomic E-state index is 0.0513. The Labute approximate surface area is 132 Å². The molecule has 0 aliphatic carbocycles. The SMILES string of the molecule is Cc1cc(CNC(=O)N2CC(N3CCCC[C@@H]3C)C2)ccn1. The summed E-state index contributed by atoms with van der Waals surface area (Å²) in [6.07, 6.45) is 5.73. The standard InChI is InChI=1S/C17H26N4O/c1-13-9-15(6-7-18-13)10-19-17(22)20-11-16(12-20)21-8-4-3-5-14(21)2/h6-7,9,14,16H,3-5,8,10-12H2,1-2H3,(H,19,22)/t14-/m0/s1.